The van der Waals surface area contributed by atoms with E-state index in [1.807, 2.05) is 0 Å². The first kappa shape index (κ1) is 23.1. The predicted octanol–water partition coefficient (Wildman–Crippen LogP) is 5.70. The van der Waals surface area contributed by atoms with Crippen LogP contribution in [0.2, 0.25) is 0 Å². The number of anilines is 1. The second-order valence-corrected chi connectivity index (χ2v) is 10.7. The molecule has 0 saturated heterocycles. The van der Waals surface area contributed by atoms with Gasteiger partial charge in [0.15, 0.2) is 0 Å². The number of sulfonamides is 1. The van der Waals surface area contributed by atoms with Gasteiger partial charge in [-0.1, -0.05) is 12.1 Å². The summed E-state index contributed by atoms with van der Waals surface area (Å²) in [5.74, 6) is 0.329. The average Bonchev–Trinajstić information content (AvgIpc) is 3.04. The number of nitrogens with zero attached hydrogens (tertiary/aromatic N) is 2. The minimum Gasteiger partial charge on any atom is -0.488 e. The van der Waals surface area contributed by atoms with Crippen LogP contribution in [0.5, 0.6) is 5.75 Å². The van der Waals surface area contributed by atoms with Gasteiger partial charge in [-0.05, 0) is 62.9 Å². The summed E-state index contributed by atoms with van der Waals surface area (Å²) in [4.78, 5) is 0. The van der Waals surface area contributed by atoms with E-state index in [-0.39, 0.29) is 6.04 Å². The van der Waals surface area contributed by atoms with Crippen LogP contribution in [0.3, 0.4) is 0 Å². The van der Waals surface area contributed by atoms with E-state index in [1.54, 1.807) is 56.3 Å². The van der Waals surface area contributed by atoms with E-state index in [1.165, 1.54) is 0 Å². The number of nitriles is 1. The molecule has 174 valence electrons. The Morgan fingerprint density at radius 3 is 2.42 bits per heavy atom. The highest BCUT2D eigenvalue weighted by atomic mass is 32.2. The van der Waals surface area contributed by atoms with Gasteiger partial charge in [0.2, 0.25) is 10.0 Å². The van der Waals surface area contributed by atoms with Gasteiger partial charge in [0.25, 0.3) is 6.43 Å². The van der Waals surface area contributed by atoms with Gasteiger partial charge in [0.1, 0.15) is 18.4 Å². The van der Waals surface area contributed by atoms with Crippen molar-refractivity contribution >= 4 is 26.6 Å². The van der Waals surface area contributed by atoms with Crippen molar-refractivity contribution in [3.8, 4) is 23.1 Å². The van der Waals surface area contributed by atoms with Crippen LogP contribution in [0.15, 0.2) is 42.5 Å². The molecule has 1 aromatic heterocycles. The molecule has 0 unspecified atom stereocenters. The maximum Gasteiger partial charge on any atom is 0.272 e. The molecule has 9 heteroatoms. The number of ether oxygens (including phenoxy) is 1. The van der Waals surface area contributed by atoms with Gasteiger partial charge in [-0.25, -0.2) is 17.2 Å². The summed E-state index contributed by atoms with van der Waals surface area (Å²) in [5, 5.41) is 10.2. The molecule has 4 rings (SSSR count). The molecule has 1 N–H and O–H groups in total. The third-order valence-corrected chi connectivity index (χ3v) is 7.70. The maximum absolute atomic E-state index is 12.6. The van der Waals surface area contributed by atoms with Crippen molar-refractivity contribution in [2.75, 3.05) is 11.3 Å². The lowest BCUT2D eigenvalue weighted by Crippen LogP contribution is -2.22. The van der Waals surface area contributed by atoms with Crippen molar-refractivity contribution in [1.29, 1.82) is 5.26 Å². The Balaban J connectivity index is 1.80. The van der Waals surface area contributed by atoms with E-state index < -0.39 is 28.3 Å². The molecule has 1 aliphatic rings. The number of nitrogens with one attached hydrogen (secondary N) is 1. The minimum absolute atomic E-state index is 0.189. The molecule has 2 aromatic carbocycles. The lowest BCUT2D eigenvalue weighted by Gasteiger charge is -2.30. The van der Waals surface area contributed by atoms with E-state index in [2.05, 4.69) is 15.4 Å². The zero-order valence-corrected chi connectivity index (χ0v) is 19.2. The fourth-order valence-electron chi connectivity index (χ4n) is 3.94. The Bertz CT molecular complexity index is 1310. The van der Waals surface area contributed by atoms with E-state index in [4.69, 9.17) is 4.74 Å². The van der Waals surface area contributed by atoms with Crippen LogP contribution >= 0.6 is 0 Å². The lowest BCUT2D eigenvalue weighted by molar-refractivity contribution is 0.0819. The van der Waals surface area contributed by atoms with Gasteiger partial charge in [-0.3, -0.25) is 4.72 Å². The quantitative estimate of drug-likeness (QED) is 0.455. The van der Waals surface area contributed by atoms with Crippen LogP contribution in [0.25, 0.3) is 22.2 Å². The van der Waals surface area contributed by atoms with E-state index in [0.717, 1.165) is 41.4 Å². The van der Waals surface area contributed by atoms with Crippen molar-refractivity contribution in [3.63, 3.8) is 0 Å². The van der Waals surface area contributed by atoms with Crippen molar-refractivity contribution in [3.05, 3.63) is 48.0 Å². The van der Waals surface area contributed by atoms with Crippen LogP contribution in [0, 0.1) is 11.3 Å². The number of aromatic nitrogens is 1. The average molecular weight is 474 g/mol. The second-order valence-electron chi connectivity index (χ2n) is 8.44. The van der Waals surface area contributed by atoms with Gasteiger partial charge < -0.3 is 9.30 Å². The smallest absolute Gasteiger partial charge is 0.272 e. The molecule has 0 atom stereocenters. The fourth-order valence-corrected chi connectivity index (χ4v) is 4.64. The molecule has 1 fully saturated rings. The summed E-state index contributed by atoms with van der Waals surface area (Å²) in [6.07, 6.45) is 0.408. The first-order valence-corrected chi connectivity index (χ1v) is 12.4. The third kappa shape index (κ3) is 4.53. The molecule has 1 saturated carbocycles. The zero-order chi connectivity index (χ0) is 23.8. The molecule has 0 radical (unpaired) electrons. The maximum atomic E-state index is 12.6. The SMILES string of the molecule is CC(C)S(=O)(=O)Nc1ccc(-c2c(C#N)c3ccc(OCC(F)F)cc3n2C2CCC2)cc1. The van der Waals surface area contributed by atoms with Crippen molar-refractivity contribution in [2.24, 2.45) is 0 Å². The topological polar surface area (TPSA) is 84.1 Å². The molecule has 1 aliphatic carbocycles. The van der Waals surface area contributed by atoms with Crippen molar-refractivity contribution < 1.29 is 21.9 Å². The predicted molar refractivity (Wildman–Crippen MR) is 124 cm³/mol. The summed E-state index contributed by atoms with van der Waals surface area (Å²) in [6, 6.07) is 14.5. The highest BCUT2D eigenvalue weighted by Crippen LogP contribution is 2.43. The third-order valence-electron chi connectivity index (χ3n) is 5.94. The fraction of sp³-hybridized carbons (Fsp3) is 0.375. The number of fused-ring (bicyclic) bond motifs is 1. The molecule has 0 bridgehead atoms. The second kappa shape index (κ2) is 9.02. The van der Waals surface area contributed by atoms with Crippen molar-refractivity contribution in [1.82, 2.24) is 4.57 Å². The van der Waals surface area contributed by atoms with E-state index >= 15 is 0 Å². The molecule has 6 nitrogen and oxygen atoms in total. The number of hydrogen-bond acceptors (Lipinski definition) is 4. The molecular formula is C24H25F2N3O3S. The summed E-state index contributed by atoms with van der Waals surface area (Å²) in [5.41, 5.74) is 3.22. The molecule has 0 spiro atoms. The van der Waals surface area contributed by atoms with Crippen LogP contribution in [0.1, 0.15) is 44.7 Å². The monoisotopic (exact) mass is 473 g/mol. The Morgan fingerprint density at radius 1 is 1.18 bits per heavy atom. The molecule has 0 aliphatic heterocycles. The number of halogens is 2. The molecule has 33 heavy (non-hydrogen) atoms. The van der Waals surface area contributed by atoms with Gasteiger partial charge in [0, 0.05) is 23.2 Å². The number of alkyl halides is 2. The Kier molecular flexibility index (Phi) is 6.30. The molecule has 0 amide bonds. The van der Waals surface area contributed by atoms with E-state index in [0.29, 0.717) is 17.0 Å². The molecular weight excluding hydrogens is 448 g/mol. The summed E-state index contributed by atoms with van der Waals surface area (Å²) in [6.45, 7) is 2.51. The van der Waals surface area contributed by atoms with Crippen LogP contribution in [0.4, 0.5) is 14.5 Å². The van der Waals surface area contributed by atoms with Crippen LogP contribution in [-0.4, -0.2) is 31.3 Å². The summed E-state index contributed by atoms with van der Waals surface area (Å²) < 4.78 is 59.5. The van der Waals surface area contributed by atoms with Gasteiger partial charge in [0.05, 0.1) is 22.0 Å². The standard InChI is InChI=1S/C24H25F2N3O3S/c1-15(2)33(30,31)28-17-8-6-16(7-9-17)24-21(13-27)20-11-10-19(32-14-23(25)26)12-22(20)29(24)18-4-3-5-18/h6-12,15,18,23,28H,3-5,14H2,1-2H3. The zero-order valence-electron chi connectivity index (χ0n) is 18.4. The normalized spacial score (nSPS) is 14.5. The molecule has 3 aromatic rings. The van der Waals surface area contributed by atoms with Gasteiger partial charge >= 0.3 is 0 Å². The van der Waals surface area contributed by atoms with Gasteiger partial charge in [-0.2, -0.15) is 5.26 Å². The van der Waals surface area contributed by atoms with Crippen LogP contribution < -0.4 is 9.46 Å². The Labute approximate surface area is 191 Å². The van der Waals surface area contributed by atoms with E-state index in [9.17, 15) is 22.5 Å². The van der Waals surface area contributed by atoms with Crippen LogP contribution in [-0.2, 0) is 10.0 Å². The minimum atomic E-state index is -3.47. The summed E-state index contributed by atoms with van der Waals surface area (Å²) in [7, 11) is -3.47. The Hall–Kier alpha value is -3.12. The first-order chi connectivity index (χ1) is 15.7. The number of benzene rings is 2. The highest BCUT2D eigenvalue weighted by molar-refractivity contribution is 7.93. The van der Waals surface area contributed by atoms with Gasteiger partial charge in [-0.15, -0.1) is 0 Å². The summed E-state index contributed by atoms with van der Waals surface area (Å²) >= 11 is 0. The number of hydrogen-bond donors (Lipinski definition) is 1. The highest BCUT2D eigenvalue weighted by Gasteiger charge is 2.28. The number of rotatable bonds is 8. The van der Waals surface area contributed by atoms with Crippen molar-refractivity contribution in [2.45, 2.75) is 50.8 Å². The molecule has 1 heterocycles. The lowest BCUT2D eigenvalue weighted by atomic mass is 9.92. The first-order valence-electron chi connectivity index (χ1n) is 10.8. The Morgan fingerprint density at radius 2 is 1.88 bits per heavy atom. The largest absolute Gasteiger partial charge is 0.488 e.